The molecule has 0 aliphatic carbocycles. The lowest BCUT2D eigenvalue weighted by Crippen LogP contribution is -2.02. The summed E-state index contributed by atoms with van der Waals surface area (Å²) < 4.78 is 1.63. The van der Waals surface area contributed by atoms with Crippen molar-refractivity contribution < 1.29 is 5.11 Å². The van der Waals surface area contributed by atoms with E-state index in [9.17, 15) is 0 Å². The zero-order valence-corrected chi connectivity index (χ0v) is 6.15. The molecule has 1 aromatic rings. The van der Waals surface area contributed by atoms with E-state index in [0.717, 1.165) is 0 Å². The SMILES string of the molecule is CC(CO)c1ncn(C)n1. The molecule has 0 saturated heterocycles. The van der Waals surface area contributed by atoms with Gasteiger partial charge in [0.05, 0.1) is 6.61 Å². The zero-order chi connectivity index (χ0) is 7.56. The molecule has 0 bridgehead atoms. The fraction of sp³-hybridized carbons (Fsp3) is 0.667. The van der Waals surface area contributed by atoms with E-state index in [0.29, 0.717) is 5.82 Å². The molecule has 1 atom stereocenters. The van der Waals surface area contributed by atoms with E-state index in [1.807, 2.05) is 6.92 Å². The molecule has 1 aromatic heterocycles. The normalized spacial score (nSPS) is 13.5. The first-order valence-electron chi connectivity index (χ1n) is 3.20. The van der Waals surface area contributed by atoms with Gasteiger partial charge in [-0.25, -0.2) is 4.98 Å². The molecule has 0 saturated carbocycles. The summed E-state index contributed by atoms with van der Waals surface area (Å²) in [6.45, 7) is 1.99. The number of hydrogen-bond donors (Lipinski definition) is 1. The molecular weight excluding hydrogens is 130 g/mol. The highest BCUT2D eigenvalue weighted by Gasteiger charge is 2.07. The van der Waals surface area contributed by atoms with Crippen molar-refractivity contribution in [2.45, 2.75) is 12.8 Å². The van der Waals surface area contributed by atoms with Crippen LogP contribution in [-0.4, -0.2) is 26.5 Å². The zero-order valence-electron chi connectivity index (χ0n) is 6.15. The Balaban J connectivity index is 2.74. The first-order valence-corrected chi connectivity index (χ1v) is 3.20. The molecule has 10 heavy (non-hydrogen) atoms. The molecule has 1 rings (SSSR count). The van der Waals surface area contributed by atoms with Crippen molar-refractivity contribution in [2.24, 2.45) is 7.05 Å². The molecule has 0 aliphatic rings. The molecule has 0 fully saturated rings. The first kappa shape index (κ1) is 7.21. The topological polar surface area (TPSA) is 50.9 Å². The third-order valence-corrected chi connectivity index (χ3v) is 1.33. The number of hydrogen-bond acceptors (Lipinski definition) is 3. The number of rotatable bonds is 2. The maximum atomic E-state index is 8.71. The number of aromatic nitrogens is 3. The number of aliphatic hydroxyl groups is 1. The van der Waals surface area contributed by atoms with Crippen molar-refractivity contribution in [3.05, 3.63) is 12.2 Å². The van der Waals surface area contributed by atoms with Gasteiger partial charge in [-0.1, -0.05) is 6.92 Å². The quantitative estimate of drug-likeness (QED) is 0.626. The maximum Gasteiger partial charge on any atom is 0.155 e. The number of nitrogens with zero attached hydrogens (tertiary/aromatic N) is 3. The predicted molar refractivity (Wildman–Crippen MR) is 36.5 cm³/mol. The van der Waals surface area contributed by atoms with Gasteiger partial charge in [0.1, 0.15) is 6.33 Å². The number of aryl methyl sites for hydroxylation is 1. The highest BCUT2D eigenvalue weighted by molar-refractivity contribution is 4.90. The summed E-state index contributed by atoms with van der Waals surface area (Å²) in [5, 5.41) is 12.7. The molecule has 4 nitrogen and oxygen atoms in total. The lowest BCUT2D eigenvalue weighted by molar-refractivity contribution is 0.268. The molecule has 1 N–H and O–H groups in total. The van der Waals surface area contributed by atoms with E-state index in [1.54, 1.807) is 18.1 Å². The molecule has 0 amide bonds. The fourth-order valence-corrected chi connectivity index (χ4v) is 0.663. The van der Waals surface area contributed by atoms with Crippen LogP contribution in [0.2, 0.25) is 0 Å². The Labute approximate surface area is 59.5 Å². The van der Waals surface area contributed by atoms with Crippen LogP contribution < -0.4 is 0 Å². The minimum atomic E-state index is 0.0428. The van der Waals surface area contributed by atoms with E-state index in [2.05, 4.69) is 10.1 Å². The van der Waals surface area contributed by atoms with Gasteiger partial charge in [0.15, 0.2) is 5.82 Å². The monoisotopic (exact) mass is 141 g/mol. The van der Waals surface area contributed by atoms with Crippen LogP contribution in [0.1, 0.15) is 18.7 Å². The maximum absolute atomic E-state index is 8.71. The van der Waals surface area contributed by atoms with Crippen molar-refractivity contribution in [2.75, 3.05) is 6.61 Å². The third-order valence-electron chi connectivity index (χ3n) is 1.33. The van der Waals surface area contributed by atoms with Crippen molar-refractivity contribution in [3.8, 4) is 0 Å². The Hall–Kier alpha value is -0.900. The molecule has 4 heteroatoms. The smallest absolute Gasteiger partial charge is 0.155 e. The summed E-state index contributed by atoms with van der Waals surface area (Å²) in [5.41, 5.74) is 0. The Bertz CT molecular complexity index is 209. The molecule has 1 unspecified atom stereocenters. The predicted octanol–water partition coefficient (Wildman–Crippen LogP) is -0.0891. The van der Waals surface area contributed by atoms with E-state index < -0.39 is 0 Å². The minimum Gasteiger partial charge on any atom is -0.396 e. The molecule has 0 spiro atoms. The Kier molecular flexibility index (Phi) is 2.01. The van der Waals surface area contributed by atoms with Crippen LogP contribution in [-0.2, 0) is 7.05 Å². The van der Waals surface area contributed by atoms with Crippen molar-refractivity contribution in [1.82, 2.24) is 14.8 Å². The minimum absolute atomic E-state index is 0.0428. The second-order valence-electron chi connectivity index (χ2n) is 2.36. The summed E-state index contributed by atoms with van der Waals surface area (Å²) in [6, 6.07) is 0. The van der Waals surface area contributed by atoms with Gasteiger partial charge in [0.25, 0.3) is 0 Å². The van der Waals surface area contributed by atoms with E-state index in [-0.39, 0.29) is 12.5 Å². The summed E-state index contributed by atoms with van der Waals surface area (Å²) >= 11 is 0. The van der Waals surface area contributed by atoms with Crippen LogP contribution in [0.3, 0.4) is 0 Å². The Morgan fingerprint density at radius 2 is 2.50 bits per heavy atom. The average molecular weight is 141 g/mol. The highest BCUT2D eigenvalue weighted by Crippen LogP contribution is 2.06. The second kappa shape index (κ2) is 2.79. The molecular formula is C6H11N3O. The van der Waals surface area contributed by atoms with E-state index >= 15 is 0 Å². The summed E-state index contributed by atoms with van der Waals surface area (Å²) in [4.78, 5) is 3.98. The standard InChI is InChI=1S/C6H11N3O/c1-5(3-10)6-7-4-9(2)8-6/h4-5,10H,3H2,1-2H3. The molecule has 0 aromatic carbocycles. The van der Waals surface area contributed by atoms with Gasteiger partial charge >= 0.3 is 0 Å². The van der Waals surface area contributed by atoms with Gasteiger partial charge in [-0.05, 0) is 0 Å². The molecule has 56 valence electrons. The van der Waals surface area contributed by atoms with Crippen LogP contribution in [0.4, 0.5) is 0 Å². The highest BCUT2D eigenvalue weighted by atomic mass is 16.3. The number of aliphatic hydroxyl groups excluding tert-OH is 1. The Morgan fingerprint density at radius 1 is 1.80 bits per heavy atom. The van der Waals surface area contributed by atoms with Gasteiger partial charge < -0.3 is 5.11 Å². The fourth-order valence-electron chi connectivity index (χ4n) is 0.663. The van der Waals surface area contributed by atoms with Crippen molar-refractivity contribution in [3.63, 3.8) is 0 Å². The van der Waals surface area contributed by atoms with Gasteiger partial charge in [0.2, 0.25) is 0 Å². The van der Waals surface area contributed by atoms with Crippen LogP contribution in [0.25, 0.3) is 0 Å². The van der Waals surface area contributed by atoms with Crippen LogP contribution in [0, 0.1) is 0 Å². The lowest BCUT2D eigenvalue weighted by Gasteiger charge is -1.99. The molecule has 0 radical (unpaired) electrons. The lowest BCUT2D eigenvalue weighted by atomic mass is 10.2. The van der Waals surface area contributed by atoms with E-state index in [1.165, 1.54) is 0 Å². The van der Waals surface area contributed by atoms with Gasteiger partial charge in [-0.3, -0.25) is 4.68 Å². The largest absolute Gasteiger partial charge is 0.396 e. The van der Waals surface area contributed by atoms with Crippen LogP contribution in [0.15, 0.2) is 6.33 Å². The third kappa shape index (κ3) is 1.33. The van der Waals surface area contributed by atoms with Gasteiger partial charge in [0, 0.05) is 13.0 Å². The first-order chi connectivity index (χ1) is 4.74. The summed E-state index contributed by atoms with van der Waals surface area (Å²) in [6.07, 6.45) is 1.63. The summed E-state index contributed by atoms with van der Waals surface area (Å²) in [7, 11) is 1.81. The van der Waals surface area contributed by atoms with Crippen LogP contribution in [0.5, 0.6) is 0 Å². The Morgan fingerprint density at radius 3 is 2.90 bits per heavy atom. The molecule has 1 heterocycles. The van der Waals surface area contributed by atoms with Crippen LogP contribution >= 0.6 is 0 Å². The van der Waals surface area contributed by atoms with Gasteiger partial charge in [-0.2, -0.15) is 5.10 Å². The van der Waals surface area contributed by atoms with Gasteiger partial charge in [-0.15, -0.1) is 0 Å². The average Bonchev–Trinajstić information content (AvgIpc) is 2.34. The van der Waals surface area contributed by atoms with E-state index in [4.69, 9.17) is 5.11 Å². The second-order valence-corrected chi connectivity index (χ2v) is 2.36. The molecule has 0 aliphatic heterocycles. The van der Waals surface area contributed by atoms with Crippen molar-refractivity contribution >= 4 is 0 Å². The van der Waals surface area contributed by atoms with Crippen molar-refractivity contribution in [1.29, 1.82) is 0 Å². The summed E-state index contributed by atoms with van der Waals surface area (Å²) in [5.74, 6) is 0.742.